The number of carbonyl (C=O) groups excluding carboxylic acids is 1. The van der Waals surface area contributed by atoms with Crippen LogP contribution in [0.2, 0.25) is 5.02 Å². The Hall–Kier alpha value is -2.08. The minimum Gasteiger partial charge on any atom is -0.492 e. The van der Waals surface area contributed by atoms with Crippen LogP contribution in [-0.4, -0.2) is 61.1 Å². The van der Waals surface area contributed by atoms with E-state index < -0.39 is 0 Å². The number of rotatable bonds is 8. The van der Waals surface area contributed by atoms with Crippen molar-refractivity contribution in [3.8, 4) is 5.75 Å². The molecule has 0 aromatic heterocycles. The summed E-state index contributed by atoms with van der Waals surface area (Å²) in [5.41, 5.74) is 2.35. The first-order valence-electron chi connectivity index (χ1n) is 10.2. The number of benzene rings is 2. The number of halogens is 1. The van der Waals surface area contributed by atoms with Crippen LogP contribution < -0.4 is 10.1 Å². The van der Waals surface area contributed by atoms with Gasteiger partial charge in [-0.15, -0.1) is 0 Å². The number of hydrogen-bond donors (Lipinski definition) is 1. The summed E-state index contributed by atoms with van der Waals surface area (Å²) in [7, 11) is 0. The van der Waals surface area contributed by atoms with E-state index in [4.69, 9.17) is 16.3 Å². The Labute approximate surface area is 178 Å². The lowest BCUT2D eigenvalue weighted by Crippen LogP contribution is -2.54. The largest absolute Gasteiger partial charge is 0.492 e. The molecule has 6 heteroatoms. The monoisotopic (exact) mass is 415 g/mol. The van der Waals surface area contributed by atoms with E-state index in [1.165, 1.54) is 5.56 Å². The molecule has 1 fully saturated rings. The van der Waals surface area contributed by atoms with Gasteiger partial charge in [-0.25, -0.2) is 0 Å². The normalized spacial score (nSPS) is 16.4. The van der Waals surface area contributed by atoms with Crippen LogP contribution in [0.5, 0.6) is 5.75 Å². The number of nitrogens with zero attached hydrogens (tertiary/aromatic N) is 2. The Morgan fingerprint density at radius 3 is 2.38 bits per heavy atom. The molecule has 0 saturated carbocycles. The predicted molar refractivity (Wildman–Crippen MR) is 117 cm³/mol. The zero-order chi connectivity index (χ0) is 20.6. The second-order valence-electron chi connectivity index (χ2n) is 7.56. The van der Waals surface area contributed by atoms with Crippen molar-refractivity contribution in [3.05, 3.63) is 64.7 Å². The Morgan fingerprint density at radius 1 is 1.07 bits per heavy atom. The van der Waals surface area contributed by atoms with Crippen molar-refractivity contribution in [2.75, 3.05) is 39.3 Å². The SMILES string of the molecule is Cc1ccc(CNC(=O)C(C)N2CCN(CCOc3ccc(Cl)cc3)CC2)cc1. The highest BCUT2D eigenvalue weighted by Crippen LogP contribution is 2.15. The molecule has 1 atom stereocenters. The molecule has 29 heavy (non-hydrogen) atoms. The summed E-state index contributed by atoms with van der Waals surface area (Å²) < 4.78 is 5.78. The maximum atomic E-state index is 12.5. The summed E-state index contributed by atoms with van der Waals surface area (Å²) in [5.74, 6) is 0.928. The molecule has 0 bridgehead atoms. The number of carbonyl (C=O) groups is 1. The Bertz CT molecular complexity index is 772. The lowest BCUT2D eigenvalue weighted by molar-refractivity contribution is -0.126. The Kier molecular flexibility index (Phi) is 7.92. The predicted octanol–water partition coefficient (Wildman–Crippen LogP) is 3.35. The van der Waals surface area contributed by atoms with Crippen molar-refractivity contribution >= 4 is 17.5 Å². The summed E-state index contributed by atoms with van der Waals surface area (Å²) in [4.78, 5) is 17.2. The molecule has 1 unspecified atom stereocenters. The van der Waals surface area contributed by atoms with Gasteiger partial charge in [-0.2, -0.15) is 0 Å². The molecule has 2 aromatic rings. The minimum absolute atomic E-state index is 0.0881. The molecular weight excluding hydrogens is 386 g/mol. The van der Waals surface area contributed by atoms with Crippen LogP contribution in [-0.2, 0) is 11.3 Å². The van der Waals surface area contributed by atoms with Crippen LogP contribution in [0, 0.1) is 6.92 Å². The molecular formula is C23H30ClN3O2. The highest BCUT2D eigenvalue weighted by atomic mass is 35.5. The van der Waals surface area contributed by atoms with Gasteiger partial charge in [0.15, 0.2) is 0 Å². The van der Waals surface area contributed by atoms with Gasteiger partial charge in [0.2, 0.25) is 5.91 Å². The number of amides is 1. The molecule has 1 saturated heterocycles. The molecule has 0 aliphatic carbocycles. The summed E-state index contributed by atoms with van der Waals surface area (Å²) in [6.45, 7) is 9.82. The van der Waals surface area contributed by atoms with Crippen molar-refractivity contribution in [2.24, 2.45) is 0 Å². The minimum atomic E-state index is -0.118. The van der Waals surface area contributed by atoms with E-state index in [1.54, 1.807) is 0 Å². The Balaban J connectivity index is 1.35. The van der Waals surface area contributed by atoms with Gasteiger partial charge in [0, 0.05) is 44.3 Å². The smallest absolute Gasteiger partial charge is 0.237 e. The van der Waals surface area contributed by atoms with Crippen LogP contribution in [0.1, 0.15) is 18.1 Å². The van der Waals surface area contributed by atoms with E-state index in [-0.39, 0.29) is 11.9 Å². The van der Waals surface area contributed by atoms with Crippen molar-refractivity contribution in [1.29, 1.82) is 0 Å². The number of hydrogen-bond acceptors (Lipinski definition) is 4. The van der Waals surface area contributed by atoms with Gasteiger partial charge in [-0.05, 0) is 43.7 Å². The number of piperazine rings is 1. The summed E-state index contributed by atoms with van der Waals surface area (Å²) >= 11 is 5.89. The summed E-state index contributed by atoms with van der Waals surface area (Å²) in [6, 6.07) is 15.6. The van der Waals surface area contributed by atoms with Crippen molar-refractivity contribution in [3.63, 3.8) is 0 Å². The fourth-order valence-corrected chi connectivity index (χ4v) is 3.53. The van der Waals surface area contributed by atoms with Gasteiger partial charge < -0.3 is 10.1 Å². The lowest BCUT2D eigenvalue weighted by atomic mass is 10.1. The van der Waals surface area contributed by atoms with Gasteiger partial charge >= 0.3 is 0 Å². The number of ether oxygens (including phenoxy) is 1. The van der Waals surface area contributed by atoms with Crippen molar-refractivity contribution < 1.29 is 9.53 Å². The average Bonchev–Trinajstić information content (AvgIpc) is 2.74. The highest BCUT2D eigenvalue weighted by molar-refractivity contribution is 6.30. The zero-order valence-electron chi connectivity index (χ0n) is 17.2. The van der Waals surface area contributed by atoms with Gasteiger partial charge in [0.1, 0.15) is 12.4 Å². The van der Waals surface area contributed by atoms with Crippen molar-refractivity contribution in [2.45, 2.75) is 26.4 Å². The quantitative estimate of drug-likeness (QED) is 0.718. The fourth-order valence-electron chi connectivity index (χ4n) is 3.41. The maximum absolute atomic E-state index is 12.5. The topological polar surface area (TPSA) is 44.8 Å². The van der Waals surface area contributed by atoms with Gasteiger partial charge in [-0.1, -0.05) is 41.4 Å². The van der Waals surface area contributed by atoms with E-state index in [0.29, 0.717) is 18.2 Å². The number of aryl methyl sites for hydroxylation is 1. The highest BCUT2D eigenvalue weighted by Gasteiger charge is 2.25. The van der Waals surface area contributed by atoms with Crippen LogP contribution in [0.3, 0.4) is 0 Å². The molecule has 3 rings (SSSR count). The third-order valence-corrected chi connectivity index (χ3v) is 5.66. The first-order chi connectivity index (χ1) is 14.0. The standard InChI is InChI=1S/C23H30ClN3O2/c1-18-3-5-20(6-4-18)17-25-23(28)19(2)27-13-11-26(12-14-27)15-16-29-22-9-7-21(24)8-10-22/h3-10,19H,11-17H2,1-2H3,(H,25,28). The molecule has 1 N–H and O–H groups in total. The molecule has 1 amide bonds. The van der Waals surface area contributed by atoms with Crippen LogP contribution >= 0.6 is 11.6 Å². The van der Waals surface area contributed by atoms with E-state index in [2.05, 4.69) is 46.3 Å². The third-order valence-electron chi connectivity index (χ3n) is 5.41. The molecule has 1 heterocycles. The summed E-state index contributed by atoms with van der Waals surface area (Å²) in [5, 5.41) is 3.77. The van der Waals surface area contributed by atoms with E-state index in [9.17, 15) is 4.79 Å². The molecule has 2 aromatic carbocycles. The van der Waals surface area contributed by atoms with Crippen molar-refractivity contribution in [1.82, 2.24) is 15.1 Å². The van der Waals surface area contributed by atoms with E-state index in [1.807, 2.05) is 31.2 Å². The van der Waals surface area contributed by atoms with Crippen LogP contribution in [0.25, 0.3) is 0 Å². The first-order valence-corrected chi connectivity index (χ1v) is 10.6. The zero-order valence-corrected chi connectivity index (χ0v) is 18.0. The molecule has 156 valence electrons. The third kappa shape index (κ3) is 6.74. The van der Waals surface area contributed by atoms with E-state index >= 15 is 0 Å². The molecule has 1 aliphatic rings. The molecule has 0 spiro atoms. The van der Waals surface area contributed by atoms with Gasteiger partial charge in [0.25, 0.3) is 0 Å². The van der Waals surface area contributed by atoms with Crippen LogP contribution in [0.4, 0.5) is 0 Å². The van der Waals surface area contributed by atoms with E-state index in [0.717, 1.165) is 44.0 Å². The lowest BCUT2D eigenvalue weighted by Gasteiger charge is -2.37. The average molecular weight is 416 g/mol. The second kappa shape index (κ2) is 10.6. The summed E-state index contributed by atoms with van der Waals surface area (Å²) in [6.07, 6.45) is 0. The molecule has 5 nitrogen and oxygen atoms in total. The molecule has 1 aliphatic heterocycles. The first kappa shape index (κ1) is 21.6. The van der Waals surface area contributed by atoms with Gasteiger partial charge in [-0.3, -0.25) is 14.6 Å². The van der Waals surface area contributed by atoms with Crippen LogP contribution in [0.15, 0.2) is 48.5 Å². The number of nitrogens with one attached hydrogen (secondary N) is 1. The maximum Gasteiger partial charge on any atom is 0.237 e. The Morgan fingerprint density at radius 2 is 1.72 bits per heavy atom. The van der Waals surface area contributed by atoms with Gasteiger partial charge in [0.05, 0.1) is 6.04 Å². The second-order valence-corrected chi connectivity index (χ2v) is 8.00. The molecule has 0 radical (unpaired) electrons. The fraction of sp³-hybridized carbons (Fsp3) is 0.435.